The summed E-state index contributed by atoms with van der Waals surface area (Å²) in [5.74, 6) is -0.522. The molecule has 0 bridgehead atoms. The van der Waals surface area contributed by atoms with E-state index >= 15 is 0 Å². The summed E-state index contributed by atoms with van der Waals surface area (Å²) < 4.78 is 14.6. The summed E-state index contributed by atoms with van der Waals surface area (Å²) in [5.41, 5.74) is 1.34. The largest absolute Gasteiger partial charge is 0.293 e. The van der Waals surface area contributed by atoms with E-state index < -0.39 is 5.82 Å². The van der Waals surface area contributed by atoms with E-state index in [2.05, 4.69) is 4.98 Å². The molecule has 4 nitrogen and oxygen atoms in total. The number of para-hydroxylation sites is 1. The van der Waals surface area contributed by atoms with Crippen molar-refractivity contribution in [3.63, 3.8) is 0 Å². The number of Topliss-reactive ketones (excluding diaryl/α,β-unsaturated/α-hetero) is 1. The maximum absolute atomic E-state index is 13.1. The Bertz CT molecular complexity index is 1250. The van der Waals surface area contributed by atoms with E-state index in [4.69, 9.17) is 11.6 Å². The van der Waals surface area contributed by atoms with Crippen LogP contribution in [0.2, 0.25) is 5.02 Å². The SMILES string of the molecule is O=C(CSc1nc2ccccc2c(=O)n1-c1ccc(Cl)cc1)c1ccc(F)cc1. The first kappa shape index (κ1) is 19.4. The number of nitrogens with zero attached hydrogens (tertiary/aromatic N) is 2. The molecule has 0 radical (unpaired) electrons. The van der Waals surface area contributed by atoms with Gasteiger partial charge < -0.3 is 0 Å². The van der Waals surface area contributed by atoms with Gasteiger partial charge in [0.05, 0.1) is 22.3 Å². The molecule has 0 aliphatic rings. The average molecular weight is 425 g/mol. The third-order valence-electron chi connectivity index (χ3n) is 4.33. The first-order chi connectivity index (χ1) is 14.0. The fourth-order valence-electron chi connectivity index (χ4n) is 2.88. The second-order valence-corrected chi connectivity index (χ2v) is 7.63. The molecule has 3 aromatic carbocycles. The lowest BCUT2D eigenvalue weighted by Crippen LogP contribution is -2.22. The van der Waals surface area contributed by atoms with Crippen LogP contribution in [0.5, 0.6) is 0 Å². The van der Waals surface area contributed by atoms with Gasteiger partial charge in [0.25, 0.3) is 5.56 Å². The van der Waals surface area contributed by atoms with Gasteiger partial charge in [-0.05, 0) is 60.7 Å². The van der Waals surface area contributed by atoms with Crippen LogP contribution in [0, 0.1) is 5.82 Å². The predicted molar refractivity (Wildman–Crippen MR) is 114 cm³/mol. The number of benzene rings is 3. The van der Waals surface area contributed by atoms with Crippen molar-refractivity contribution in [1.82, 2.24) is 9.55 Å². The van der Waals surface area contributed by atoms with E-state index in [0.29, 0.717) is 32.3 Å². The first-order valence-electron chi connectivity index (χ1n) is 8.72. The molecular formula is C22H14ClFN2O2S. The summed E-state index contributed by atoms with van der Waals surface area (Å²) in [6.45, 7) is 0. The lowest BCUT2D eigenvalue weighted by atomic mass is 10.1. The number of fused-ring (bicyclic) bond motifs is 1. The van der Waals surface area contributed by atoms with Gasteiger partial charge in [-0.15, -0.1) is 0 Å². The zero-order valence-electron chi connectivity index (χ0n) is 15.0. The number of ketones is 1. The average Bonchev–Trinajstić information content (AvgIpc) is 2.73. The molecule has 0 N–H and O–H groups in total. The molecule has 29 heavy (non-hydrogen) atoms. The minimum atomic E-state index is -0.401. The van der Waals surface area contributed by atoms with Gasteiger partial charge in [-0.1, -0.05) is 35.5 Å². The molecule has 0 amide bonds. The van der Waals surface area contributed by atoms with Gasteiger partial charge in [-0.25, -0.2) is 9.37 Å². The van der Waals surface area contributed by atoms with Crippen molar-refractivity contribution >= 4 is 40.0 Å². The fourth-order valence-corrected chi connectivity index (χ4v) is 3.91. The summed E-state index contributed by atoms with van der Waals surface area (Å²) in [6.07, 6.45) is 0. The Hall–Kier alpha value is -2.96. The first-order valence-corrected chi connectivity index (χ1v) is 10.1. The van der Waals surface area contributed by atoms with Crippen LogP contribution in [0.3, 0.4) is 0 Å². The minimum absolute atomic E-state index is 0.0595. The highest BCUT2D eigenvalue weighted by Crippen LogP contribution is 2.23. The highest BCUT2D eigenvalue weighted by Gasteiger charge is 2.15. The number of carbonyl (C=O) groups is 1. The van der Waals surface area contributed by atoms with Gasteiger partial charge in [0.15, 0.2) is 10.9 Å². The highest BCUT2D eigenvalue weighted by molar-refractivity contribution is 7.99. The van der Waals surface area contributed by atoms with Gasteiger partial charge in [0.2, 0.25) is 0 Å². The van der Waals surface area contributed by atoms with Gasteiger partial charge in [0, 0.05) is 10.6 Å². The lowest BCUT2D eigenvalue weighted by Gasteiger charge is -2.13. The Kier molecular flexibility index (Phi) is 5.47. The number of carbonyl (C=O) groups excluding carboxylic acids is 1. The Morgan fingerprint density at radius 2 is 1.69 bits per heavy atom. The molecule has 0 saturated heterocycles. The molecule has 1 aromatic heterocycles. The van der Waals surface area contributed by atoms with Crippen molar-refractivity contribution in [2.45, 2.75) is 5.16 Å². The van der Waals surface area contributed by atoms with E-state index in [9.17, 15) is 14.0 Å². The molecule has 0 saturated carbocycles. The monoisotopic (exact) mass is 424 g/mol. The van der Waals surface area contributed by atoms with E-state index in [1.165, 1.54) is 28.8 Å². The van der Waals surface area contributed by atoms with Crippen LogP contribution in [-0.4, -0.2) is 21.1 Å². The van der Waals surface area contributed by atoms with Crippen LogP contribution in [-0.2, 0) is 0 Å². The smallest absolute Gasteiger partial charge is 0.266 e. The Morgan fingerprint density at radius 1 is 1.00 bits per heavy atom. The zero-order chi connectivity index (χ0) is 20.4. The van der Waals surface area contributed by atoms with E-state index in [1.807, 2.05) is 0 Å². The summed E-state index contributed by atoms with van der Waals surface area (Å²) >= 11 is 7.13. The number of hydrogen-bond donors (Lipinski definition) is 0. The number of hydrogen-bond acceptors (Lipinski definition) is 4. The Labute approximate surface area is 175 Å². The number of thioether (sulfide) groups is 1. The normalized spacial score (nSPS) is 11.0. The molecule has 144 valence electrons. The van der Waals surface area contributed by atoms with Gasteiger partial charge in [-0.2, -0.15) is 0 Å². The van der Waals surface area contributed by atoms with E-state index in [0.717, 1.165) is 11.8 Å². The van der Waals surface area contributed by atoms with Crippen LogP contribution in [0.1, 0.15) is 10.4 Å². The molecule has 0 fully saturated rings. The second-order valence-electron chi connectivity index (χ2n) is 6.25. The third-order valence-corrected chi connectivity index (χ3v) is 5.52. The van der Waals surface area contributed by atoms with Crippen molar-refractivity contribution in [2.75, 3.05) is 5.75 Å². The molecule has 7 heteroatoms. The highest BCUT2D eigenvalue weighted by atomic mass is 35.5. The molecule has 0 aliphatic heterocycles. The number of rotatable bonds is 5. The molecule has 4 aromatic rings. The second kappa shape index (κ2) is 8.19. The van der Waals surface area contributed by atoms with Gasteiger partial charge >= 0.3 is 0 Å². The molecular weight excluding hydrogens is 411 g/mol. The number of halogens is 2. The molecule has 0 aliphatic carbocycles. The predicted octanol–water partition coefficient (Wildman–Crippen LogP) is 5.15. The standard InChI is InChI=1S/C22H14ClFN2O2S/c23-15-7-11-17(12-8-15)26-21(28)18-3-1-2-4-19(18)25-22(26)29-13-20(27)14-5-9-16(24)10-6-14/h1-12H,13H2. The topological polar surface area (TPSA) is 52.0 Å². The van der Waals surface area contributed by atoms with E-state index in [-0.39, 0.29) is 17.1 Å². The zero-order valence-corrected chi connectivity index (χ0v) is 16.6. The van der Waals surface area contributed by atoms with Gasteiger partial charge in [0.1, 0.15) is 5.82 Å². The van der Waals surface area contributed by atoms with Crippen molar-refractivity contribution in [1.29, 1.82) is 0 Å². The summed E-state index contributed by atoms with van der Waals surface area (Å²) in [6, 6.07) is 19.3. The van der Waals surface area contributed by atoms with Crippen LogP contribution in [0.4, 0.5) is 4.39 Å². The quantitative estimate of drug-likeness (QED) is 0.252. The minimum Gasteiger partial charge on any atom is -0.293 e. The van der Waals surface area contributed by atoms with E-state index in [1.54, 1.807) is 48.5 Å². The van der Waals surface area contributed by atoms with Crippen molar-refractivity contribution in [3.05, 3.63) is 99.6 Å². The van der Waals surface area contributed by atoms with Crippen LogP contribution >= 0.6 is 23.4 Å². The lowest BCUT2D eigenvalue weighted by molar-refractivity contribution is 0.102. The number of aromatic nitrogens is 2. The van der Waals surface area contributed by atoms with Crippen molar-refractivity contribution in [3.8, 4) is 5.69 Å². The van der Waals surface area contributed by atoms with Crippen LogP contribution < -0.4 is 5.56 Å². The van der Waals surface area contributed by atoms with Gasteiger partial charge in [-0.3, -0.25) is 14.2 Å². The van der Waals surface area contributed by atoms with Crippen molar-refractivity contribution < 1.29 is 9.18 Å². The molecule has 0 unspecified atom stereocenters. The fraction of sp³-hybridized carbons (Fsp3) is 0.0455. The Morgan fingerprint density at radius 3 is 2.41 bits per heavy atom. The maximum Gasteiger partial charge on any atom is 0.266 e. The molecule has 0 atom stereocenters. The third kappa shape index (κ3) is 4.09. The summed E-state index contributed by atoms with van der Waals surface area (Å²) in [7, 11) is 0. The van der Waals surface area contributed by atoms with Crippen molar-refractivity contribution in [2.24, 2.45) is 0 Å². The summed E-state index contributed by atoms with van der Waals surface area (Å²) in [4.78, 5) is 30.2. The molecule has 4 rings (SSSR count). The maximum atomic E-state index is 13.1. The van der Waals surface area contributed by atoms with Crippen LogP contribution in [0.25, 0.3) is 16.6 Å². The van der Waals surface area contributed by atoms with Crippen LogP contribution in [0.15, 0.2) is 82.7 Å². The summed E-state index contributed by atoms with van der Waals surface area (Å²) in [5, 5.41) is 1.43. The Balaban J connectivity index is 1.75. The molecule has 1 heterocycles. The molecule has 0 spiro atoms.